The number of amides is 2. The molecule has 1 aromatic carbocycles. The summed E-state index contributed by atoms with van der Waals surface area (Å²) in [6.07, 6.45) is 2.16. The SMILES string of the molecule is CCOC(=O)C1CCN(C(=O)CN(C)C(=O)c2cc(S(C)(=O)=O)ccc2C)CC1. The van der Waals surface area contributed by atoms with Gasteiger partial charge in [-0.15, -0.1) is 0 Å². The van der Waals surface area contributed by atoms with Crippen molar-refractivity contribution in [3.63, 3.8) is 0 Å². The zero-order valence-electron chi connectivity index (χ0n) is 17.3. The second-order valence-electron chi connectivity index (χ2n) is 7.32. The largest absolute Gasteiger partial charge is 0.466 e. The van der Waals surface area contributed by atoms with Gasteiger partial charge in [0.15, 0.2) is 9.84 Å². The Kier molecular flexibility index (Phi) is 7.40. The average Bonchev–Trinajstić information content (AvgIpc) is 2.67. The Morgan fingerprint density at radius 1 is 1.21 bits per heavy atom. The highest BCUT2D eigenvalue weighted by Gasteiger charge is 2.29. The fraction of sp³-hybridized carbons (Fsp3) is 0.550. The van der Waals surface area contributed by atoms with Gasteiger partial charge in [0.05, 0.1) is 24.0 Å². The molecule has 1 aliphatic rings. The molecule has 0 spiro atoms. The van der Waals surface area contributed by atoms with E-state index in [0.717, 1.165) is 6.26 Å². The normalized spacial score (nSPS) is 15.1. The number of likely N-dealkylation sites (tertiary alicyclic amines) is 1. The molecule has 2 rings (SSSR count). The minimum Gasteiger partial charge on any atom is -0.466 e. The molecule has 0 aromatic heterocycles. The van der Waals surface area contributed by atoms with Crippen LogP contribution in [0.2, 0.25) is 0 Å². The smallest absolute Gasteiger partial charge is 0.309 e. The van der Waals surface area contributed by atoms with Gasteiger partial charge in [-0.1, -0.05) is 6.07 Å². The summed E-state index contributed by atoms with van der Waals surface area (Å²) >= 11 is 0. The maximum Gasteiger partial charge on any atom is 0.309 e. The number of benzene rings is 1. The van der Waals surface area contributed by atoms with Crippen LogP contribution in [0.25, 0.3) is 0 Å². The van der Waals surface area contributed by atoms with E-state index in [1.807, 2.05) is 0 Å². The van der Waals surface area contributed by atoms with Crippen LogP contribution in [0.4, 0.5) is 0 Å². The molecular weight excluding hydrogens is 396 g/mol. The summed E-state index contributed by atoms with van der Waals surface area (Å²) in [6.45, 7) is 4.57. The van der Waals surface area contributed by atoms with Crippen LogP contribution < -0.4 is 0 Å². The van der Waals surface area contributed by atoms with Gasteiger partial charge >= 0.3 is 5.97 Å². The minimum absolute atomic E-state index is 0.0622. The number of aryl methyl sites for hydroxylation is 1. The van der Waals surface area contributed by atoms with Crippen molar-refractivity contribution in [3.05, 3.63) is 29.3 Å². The van der Waals surface area contributed by atoms with Gasteiger partial charge in [-0.05, 0) is 44.4 Å². The quantitative estimate of drug-likeness (QED) is 0.638. The van der Waals surface area contributed by atoms with Crippen LogP contribution in [0.5, 0.6) is 0 Å². The molecule has 0 radical (unpaired) electrons. The van der Waals surface area contributed by atoms with Gasteiger partial charge in [0.25, 0.3) is 5.91 Å². The van der Waals surface area contributed by atoms with Crippen LogP contribution in [0.15, 0.2) is 23.1 Å². The summed E-state index contributed by atoms with van der Waals surface area (Å²) in [7, 11) is -1.93. The van der Waals surface area contributed by atoms with Crippen molar-refractivity contribution in [2.24, 2.45) is 5.92 Å². The first-order valence-electron chi connectivity index (χ1n) is 9.55. The van der Waals surface area contributed by atoms with E-state index >= 15 is 0 Å². The first-order valence-corrected chi connectivity index (χ1v) is 11.4. The molecule has 1 aliphatic heterocycles. The highest BCUT2D eigenvalue weighted by molar-refractivity contribution is 7.90. The number of hydrogen-bond donors (Lipinski definition) is 0. The maximum atomic E-state index is 12.8. The number of esters is 1. The van der Waals surface area contributed by atoms with Gasteiger partial charge in [0, 0.05) is 32.0 Å². The lowest BCUT2D eigenvalue weighted by atomic mass is 9.97. The molecule has 0 aliphatic carbocycles. The molecule has 0 bridgehead atoms. The van der Waals surface area contributed by atoms with Crippen molar-refractivity contribution in [2.75, 3.05) is 39.5 Å². The summed E-state index contributed by atoms with van der Waals surface area (Å²) in [4.78, 5) is 40.1. The summed E-state index contributed by atoms with van der Waals surface area (Å²) in [5.41, 5.74) is 0.890. The lowest BCUT2D eigenvalue weighted by Gasteiger charge is -2.32. The number of ether oxygens (including phenoxy) is 1. The molecule has 1 fully saturated rings. The van der Waals surface area contributed by atoms with E-state index in [1.54, 1.807) is 24.8 Å². The van der Waals surface area contributed by atoms with Crippen LogP contribution in [-0.4, -0.2) is 75.5 Å². The van der Waals surface area contributed by atoms with Gasteiger partial charge in [0.2, 0.25) is 5.91 Å². The third kappa shape index (κ3) is 5.79. The van der Waals surface area contributed by atoms with E-state index in [-0.39, 0.29) is 34.8 Å². The molecule has 0 atom stereocenters. The van der Waals surface area contributed by atoms with E-state index in [1.165, 1.54) is 24.1 Å². The van der Waals surface area contributed by atoms with Gasteiger partial charge in [0.1, 0.15) is 0 Å². The standard InChI is InChI=1S/C20H28N2O6S/c1-5-28-20(25)15-8-10-22(11-9-15)18(23)13-21(3)19(24)17-12-16(29(4,26)27)7-6-14(17)2/h6-7,12,15H,5,8-11,13H2,1-4H3. The highest BCUT2D eigenvalue weighted by atomic mass is 32.2. The third-order valence-electron chi connectivity index (χ3n) is 5.05. The lowest BCUT2D eigenvalue weighted by molar-refractivity contribution is -0.151. The van der Waals surface area contributed by atoms with Gasteiger partial charge in [-0.2, -0.15) is 0 Å². The van der Waals surface area contributed by atoms with E-state index < -0.39 is 15.7 Å². The fourth-order valence-corrected chi connectivity index (χ4v) is 3.91. The molecule has 1 heterocycles. The Balaban J connectivity index is 2.00. The second-order valence-corrected chi connectivity index (χ2v) is 9.33. The molecule has 0 saturated carbocycles. The number of nitrogens with zero attached hydrogens (tertiary/aromatic N) is 2. The molecule has 9 heteroatoms. The molecule has 2 amide bonds. The zero-order valence-corrected chi connectivity index (χ0v) is 18.1. The Morgan fingerprint density at radius 2 is 1.83 bits per heavy atom. The molecule has 0 N–H and O–H groups in total. The third-order valence-corrected chi connectivity index (χ3v) is 6.16. The van der Waals surface area contributed by atoms with Crippen molar-refractivity contribution in [2.45, 2.75) is 31.6 Å². The fourth-order valence-electron chi connectivity index (χ4n) is 3.27. The molecule has 29 heavy (non-hydrogen) atoms. The molecule has 0 unspecified atom stereocenters. The first kappa shape index (κ1) is 22.9. The lowest BCUT2D eigenvalue weighted by Crippen LogP contribution is -2.45. The zero-order chi connectivity index (χ0) is 21.8. The number of piperidine rings is 1. The topological polar surface area (TPSA) is 101 Å². The maximum absolute atomic E-state index is 12.8. The van der Waals surface area contributed by atoms with Crippen molar-refractivity contribution in [3.8, 4) is 0 Å². The summed E-state index contributed by atoms with van der Waals surface area (Å²) < 4.78 is 28.6. The Hall–Kier alpha value is -2.42. The minimum atomic E-state index is -3.44. The molecule has 1 saturated heterocycles. The van der Waals surface area contributed by atoms with Crippen LogP contribution in [0, 0.1) is 12.8 Å². The Labute approximate surface area is 171 Å². The van der Waals surface area contributed by atoms with E-state index in [0.29, 0.717) is 38.1 Å². The van der Waals surface area contributed by atoms with Crippen LogP contribution in [-0.2, 0) is 24.2 Å². The van der Waals surface area contributed by atoms with Crippen LogP contribution in [0.3, 0.4) is 0 Å². The van der Waals surface area contributed by atoms with Crippen molar-refractivity contribution in [1.82, 2.24) is 9.80 Å². The number of carbonyl (C=O) groups excluding carboxylic acids is 3. The van der Waals surface area contributed by atoms with E-state index in [4.69, 9.17) is 4.74 Å². The number of carbonyl (C=O) groups is 3. The summed E-state index contributed by atoms with van der Waals surface area (Å²) in [5, 5.41) is 0. The Bertz CT molecular complexity index is 888. The molecular formula is C20H28N2O6S. The van der Waals surface area contributed by atoms with Crippen LogP contribution in [0.1, 0.15) is 35.7 Å². The van der Waals surface area contributed by atoms with Crippen molar-refractivity contribution >= 4 is 27.6 Å². The molecule has 1 aromatic rings. The first-order chi connectivity index (χ1) is 13.5. The van der Waals surface area contributed by atoms with Gasteiger partial charge < -0.3 is 14.5 Å². The number of rotatable bonds is 6. The van der Waals surface area contributed by atoms with Crippen LogP contribution >= 0.6 is 0 Å². The highest BCUT2D eigenvalue weighted by Crippen LogP contribution is 2.20. The molecule has 160 valence electrons. The number of hydrogen-bond acceptors (Lipinski definition) is 6. The Morgan fingerprint density at radius 3 is 2.38 bits per heavy atom. The predicted molar refractivity (Wildman–Crippen MR) is 107 cm³/mol. The van der Waals surface area contributed by atoms with E-state index in [9.17, 15) is 22.8 Å². The monoisotopic (exact) mass is 424 g/mol. The summed E-state index contributed by atoms with van der Waals surface area (Å²) in [6, 6.07) is 4.39. The molecule has 8 nitrogen and oxygen atoms in total. The van der Waals surface area contributed by atoms with Gasteiger partial charge in [-0.3, -0.25) is 14.4 Å². The second kappa shape index (κ2) is 9.39. The summed E-state index contributed by atoms with van der Waals surface area (Å²) in [5.74, 6) is -1.05. The van der Waals surface area contributed by atoms with Gasteiger partial charge in [-0.25, -0.2) is 8.42 Å². The predicted octanol–water partition coefficient (Wildman–Crippen LogP) is 1.27. The average molecular weight is 425 g/mol. The van der Waals surface area contributed by atoms with E-state index in [2.05, 4.69) is 0 Å². The number of likely N-dealkylation sites (N-methyl/N-ethyl adjacent to an activating group) is 1. The van der Waals surface area contributed by atoms with Crippen molar-refractivity contribution < 1.29 is 27.5 Å². The van der Waals surface area contributed by atoms with Crippen molar-refractivity contribution in [1.29, 1.82) is 0 Å². The number of sulfone groups is 1.